The summed E-state index contributed by atoms with van der Waals surface area (Å²) in [6, 6.07) is 11.6. The molecule has 5 heteroatoms. The van der Waals surface area contributed by atoms with E-state index in [0.29, 0.717) is 18.9 Å². The van der Waals surface area contributed by atoms with Gasteiger partial charge < -0.3 is 19.5 Å². The van der Waals surface area contributed by atoms with E-state index in [1.165, 1.54) is 0 Å². The first-order valence-corrected chi connectivity index (χ1v) is 8.96. The van der Waals surface area contributed by atoms with Crippen LogP contribution in [0.15, 0.2) is 36.4 Å². The second-order valence-corrected chi connectivity index (χ2v) is 6.52. The quantitative estimate of drug-likeness (QED) is 0.827. The number of carbonyl (C=O) groups is 1. The summed E-state index contributed by atoms with van der Waals surface area (Å²) in [5.74, 6) is 2.18. The third-order valence-corrected chi connectivity index (χ3v) is 4.21. The number of rotatable bonds is 7. The Bertz CT molecular complexity index is 788. The largest absolute Gasteiger partial charge is 0.494 e. The first-order valence-electron chi connectivity index (χ1n) is 8.96. The highest BCUT2D eigenvalue weighted by Crippen LogP contribution is 2.35. The minimum absolute atomic E-state index is 0.0219. The molecule has 0 spiro atoms. The Balaban J connectivity index is 1.60. The topological polar surface area (TPSA) is 56.8 Å². The van der Waals surface area contributed by atoms with Crippen LogP contribution in [0.25, 0.3) is 0 Å². The van der Waals surface area contributed by atoms with Crippen LogP contribution >= 0.6 is 0 Å². The summed E-state index contributed by atoms with van der Waals surface area (Å²) in [5, 5.41) is 2.89. The van der Waals surface area contributed by atoms with Gasteiger partial charge in [-0.2, -0.15) is 0 Å². The number of carbonyl (C=O) groups excluding carboxylic acids is 1. The maximum Gasteiger partial charge on any atom is 0.258 e. The minimum atomic E-state index is -0.177. The molecule has 1 atom stereocenters. The summed E-state index contributed by atoms with van der Waals surface area (Å²) in [6.45, 7) is 6.91. The number of hydrogen-bond donors (Lipinski definition) is 1. The van der Waals surface area contributed by atoms with Gasteiger partial charge in [0.05, 0.1) is 6.61 Å². The van der Waals surface area contributed by atoms with E-state index in [1.807, 2.05) is 57.2 Å². The lowest BCUT2D eigenvalue weighted by molar-refractivity contribution is -0.123. The Hall–Kier alpha value is -2.69. The lowest BCUT2D eigenvalue weighted by Crippen LogP contribution is -2.28. The Morgan fingerprint density at radius 3 is 2.88 bits per heavy atom. The zero-order valence-corrected chi connectivity index (χ0v) is 15.5. The molecule has 0 saturated carbocycles. The van der Waals surface area contributed by atoms with Crippen molar-refractivity contribution in [2.45, 2.75) is 39.8 Å². The minimum Gasteiger partial charge on any atom is -0.494 e. The van der Waals surface area contributed by atoms with Crippen LogP contribution in [0.5, 0.6) is 17.2 Å². The highest BCUT2D eigenvalue weighted by molar-refractivity contribution is 5.77. The molecule has 26 heavy (non-hydrogen) atoms. The molecule has 1 aliphatic rings. The molecule has 138 valence electrons. The molecule has 1 N–H and O–H groups in total. The maximum atomic E-state index is 12.1. The average molecular weight is 355 g/mol. The number of fused-ring (bicyclic) bond motifs is 1. The fourth-order valence-electron chi connectivity index (χ4n) is 3.01. The summed E-state index contributed by atoms with van der Waals surface area (Å²) in [5.41, 5.74) is 3.15. The summed E-state index contributed by atoms with van der Waals surface area (Å²) in [4.78, 5) is 12.1. The zero-order valence-electron chi connectivity index (χ0n) is 15.5. The van der Waals surface area contributed by atoms with E-state index in [2.05, 4.69) is 5.32 Å². The lowest BCUT2D eigenvalue weighted by atomic mass is 10.1. The van der Waals surface area contributed by atoms with Gasteiger partial charge in [0.1, 0.15) is 23.4 Å². The third-order valence-electron chi connectivity index (χ3n) is 4.21. The fraction of sp³-hybridized carbons (Fsp3) is 0.381. The van der Waals surface area contributed by atoms with Crippen LogP contribution in [-0.4, -0.2) is 25.2 Å². The third kappa shape index (κ3) is 4.48. The van der Waals surface area contributed by atoms with E-state index in [0.717, 1.165) is 34.6 Å². The first kappa shape index (κ1) is 18.1. The van der Waals surface area contributed by atoms with Crippen LogP contribution in [0, 0.1) is 6.92 Å². The molecule has 2 aromatic rings. The van der Waals surface area contributed by atoms with Crippen molar-refractivity contribution < 1.29 is 19.0 Å². The van der Waals surface area contributed by atoms with E-state index in [4.69, 9.17) is 14.2 Å². The van der Waals surface area contributed by atoms with E-state index in [1.54, 1.807) is 0 Å². The van der Waals surface area contributed by atoms with E-state index in [-0.39, 0.29) is 18.6 Å². The van der Waals surface area contributed by atoms with Gasteiger partial charge in [0, 0.05) is 24.1 Å². The van der Waals surface area contributed by atoms with Gasteiger partial charge in [0.2, 0.25) is 0 Å². The maximum absolute atomic E-state index is 12.1. The van der Waals surface area contributed by atoms with Crippen molar-refractivity contribution in [2.75, 3.05) is 13.2 Å². The Labute approximate surface area is 154 Å². The van der Waals surface area contributed by atoms with Crippen LogP contribution < -0.4 is 19.5 Å². The molecule has 0 aromatic heterocycles. The highest BCUT2D eigenvalue weighted by Gasteiger charge is 2.22. The highest BCUT2D eigenvalue weighted by atomic mass is 16.5. The fourth-order valence-corrected chi connectivity index (χ4v) is 3.01. The predicted octanol–water partition coefficient (Wildman–Crippen LogP) is 3.41. The normalized spacial score (nSPS) is 15.1. The number of nitrogens with one attached hydrogen (secondary N) is 1. The molecule has 0 radical (unpaired) electrons. The molecule has 3 rings (SSSR count). The van der Waals surface area contributed by atoms with Gasteiger partial charge in [-0.15, -0.1) is 0 Å². The van der Waals surface area contributed by atoms with E-state index < -0.39 is 0 Å². The predicted molar refractivity (Wildman–Crippen MR) is 99.9 cm³/mol. The van der Waals surface area contributed by atoms with Crippen molar-refractivity contribution in [1.29, 1.82) is 0 Å². The van der Waals surface area contributed by atoms with Crippen molar-refractivity contribution in [1.82, 2.24) is 5.32 Å². The Morgan fingerprint density at radius 1 is 1.27 bits per heavy atom. The summed E-state index contributed by atoms with van der Waals surface area (Å²) < 4.78 is 17.1. The van der Waals surface area contributed by atoms with E-state index in [9.17, 15) is 4.79 Å². The molecule has 1 amide bonds. The van der Waals surface area contributed by atoms with Gasteiger partial charge in [0.25, 0.3) is 5.91 Å². The lowest BCUT2D eigenvalue weighted by Gasteiger charge is -2.13. The molecule has 0 unspecified atom stereocenters. The van der Waals surface area contributed by atoms with Gasteiger partial charge in [-0.1, -0.05) is 12.1 Å². The van der Waals surface area contributed by atoms with E-state index >= 15 is 0 Å². The molecule has 0 bridgehead atoms. The smallest absolute Gasteiger partial charge is 0.258 e. The number of hydrogen-bond acceptors (Lipinski definition) is 4. The van der Waals surface area contributed by atoms with Gasteiger partial charge in [0.15, 0.2) is 6.61 Å². The Morgan fingerprint density at radius 2 is 2.12 bits per heavy atom. The first-order chi connectivity index (χ1) is 12.5. The second kappa shape index (κ2) is 8.13. The van der Waals surface area contributed by atoms with Crippen LogP contribution in [0.1, 0.15) is 30.5 Å². The van der Waals surface area contributed by atoms with Crippen LogP contribution in [0.4, 0.5) is 0 Å². The van der Waals surface area contributed by atoms with Crippen molar-refractivity contribution >= 4 is 5.91 Å². The van der Waals surface area contributed by atoms with Crippen molar-refractivity contribution in [3.63, 3.8) is 0 Å². The number of ether oxygens (including phenoxy) is 3. The van der Waals surface area contributed by atoms with Gasteiger partial charge in [-0.05, 0) is 50.6 Å². The molecule has 2 aromatic carbocycles. The van der Waals surface area contributed by atoms with Crippen LogP contribution in [0.3, 0.4) is 0 Å². The second-order valence-electron chi connectivity index (χ2n) is 6.52. The molecule has 0 saturated heterocycles. The molecule has 0 fully saturated rings. The molecule has 0 aliphatic carbocycles. The SMILES string of the molecule is CCOc1cc2c(cc1CNC(=O)COc1cccc(C)c1)O[C@@H](C)C2. The Kier molecular flexibility index (Phi) is 5.66. The van der Waals surface area contributed by atoms with Crippen LogP contribution in [-0.2, 0) is 17.8 Å². The summed E-state index contributed by atoms with van der Waals surface area (Å²) >= 11 is 0. The summed E-state index contributed by atoms with van der Waals surface area (Å²) in [7, 11) is 0. The zero-order chi connectivity index (χ0) is 18.5. The molecule has 1 aliphatic heterocycles. The van der Waals surface area contributed by atoms with Crippen LogP contribution in [0.2, 0.25) is 0 Å². The van der Waals surface area contributed by atoms with Crippen molar-refractivity contribution in [3.05, 3.63) is 53.1 Å². The molecular weight excluding hydrogens is 330 g/mol. The molecule has 1 heterocycles. The molecule has 5 nitrogen and oxygen atoms in total. The van der Waals surface area contributed by atoms with Gasteiger partial charge in [-0.3, -0.25) is 4.79 Å². The monoisotopic (exact) mass is 355 g/mol. The van der Waals surface area contributed by atoms with Crippen molar-refractivity contribution in [3.8, 4) is 17.2 Å². The molecular formula is C21H25NO4. The van der Waals surface area contributed by atoms with Gasteiger partial charge >= 0.3 is 0 Å². The number of aryl methyl sites for hydroxylation is 1. The van der Waals surface area contributed by atoms with Gasteiger partial charge in [-0.25, -0.2) is 0 Å². The number of amides is 1. The van der Waals surface area contributed by atoms with Crippen molar-refractivity contribution in [2.24, 2.45) is 0 Å². The average Bonchev–Trinajstić information content (AvgIpc) is 2.97. The summed E-state index contributed by atoms with van der Waals surface area (Å²) in [6.07, 6.45) is 1.05. The number of benzene rings is 2. The standard InChI is InChI=1S/C21H25NO4/c1-4-24-19-10-16-9-15(3)26-20(16)11-17(19)12-22-21(23)13-25-18-7-5-6-14(2)8-18/h5-8,10-11,15H,4,9,12-13H2,1-3H3,(H,22,23)/t15-/m0/s1.